The Labute approximate surface area is 110 Å². The first-order valence-corrected chi connectivity index (χ1v) is 7.42. The van der Waals surface area contributed by atoms with Crippen molar-refractivity contribution in [3.63, 3.8) is 0 Å². The van der Waals surface area contributed by atoms with Crippen molar-refractivity contribution in [2.45, 2.75) is 11.4 Å². The van der Waals surface area contributed by atoms with Gasteiger partial charge in [-0.15, -0.1) is 0 Å². The lowest BCUT2D eigenvalue weighted by Gasteiger charge is -2.05. The number of hydrogen-bond donors (Lipinski definition) is 2. The molecule has 1 heterocycles. The Kier molecular flexibility index (Phi) is 3.66. The predicted molar refractivity (Wildman–Crippen MR) is 69.3 cm³/mol. The highest BCUT2D eigenvalue weighted by Gasteiger charge is 2.11. The third-order valence-corrected chi connectivity index (χ3v) is 3.63. The average molecular weight is 279 g/mol. The van der Waals surface area contributed by atoms with Gasteiger partial charge in [-0.25, -0.2) is 8.42 Å². The van der Waals surface area contributed by atoms with E-state index in [1.54, 1.807) is 24.4 Å². The summed E-state index contributed by atoms with van der Waals surface area (Å²) < 4.78 is 22.8. The number of carbonyl (C=O) groups is 1. The molecule has 0 saturated heterocycles. The Morgan fingerprint density at radius 3 is 2.79 bits per heavy atom. The van der Waals surface area contributed by atoms with Gasteiger partial charge < -0.3 is 5.32 Å². The van der Waals surface area contributed by atoms with Gasteiger partial charge in [-0.2, -0.15) is 5.10 Å². The molecule has 0 fully saturated rings. The zero-order valence-corrected chi connectivity index (χ0v) is 11.1. The fraction of sp³-hybridized carbons (Fsp3) is 0.167. The number of hydrogen-bond acceptors (Lipinski definition) is 4. The molecule has 0 aliphatic heterocycles. The van der Waals surface area contributed by atoms with Crippen molar-refractivity contribution in [1.82, 2.24) is 15.5 Å². The number of nitrogens with one attached hydrogen (secondary N) is 2. The van der Waals surface area contributed by atoms with Gasteiger partial charge in [0.05, 0.1) is 17.1 Å². The third-order valence-electron chi connectivity index (χ3n) is 2.52. The Morgan fingerprint density at radius 1 is 1.37 bits per heavy atom. The lowest BCUT2D eigenvalue weighted by Crippen LogP contribution is -2.23. The summed E-state index contributed by atoms with van der Waals surface area (Å²) in [5.41, 5.74) is 1.08. The molecule has 2 N–H and O–H groups in total. The average Bonchev–Trinajstić information content (AvgIpc) is 2.88. The number of nitrogens with zero attached hydrogens (tertiary/aromatic N) is 1. The molecule has 0 radical (unpaired) electrons. The van der Waals surface area contributed by atoms with Gasteiger partial charge in [0.2, 0.25) is 0 Å². The Bertz CT molecular complexity index is 678. The maximum absolute atomic E-state index is 11.9. The molecule has 6 nitrogen and oxygen atoms in total. The van der Waals surface area contributed by atoms with Crippen LogP contribution in [0.25, 0.3) is 0 Å². The highest BCUT2D eigenvalue weighted by atomic mass is 32.2. The number of aromatic amines is 1. The molecule has 1 aromatic heterocycles. The van der Waals surface area contributed by atoms with Gasteiger partial charge in [0.25, 0.3) is 5.91 Å². The van der Waals surface area contributed by atoms with Crippen molar-refractivity contribution in [3.05, 3.63) is 47.8 Å². The van der Waals surface area contributed by atoms with Crippen LogP contribution in [0.2, 0.25) is 0 Å². The summed E-state index contributed by atoms with van der Waals surface area (Å²) >= 11 is 0. The summed E-state index contributed by atoms with van der Waals surface area (Å²) in [6.07, 6.45) is 2.69. The molecule has 0 saturated carbocycles. The molecule has 100 valence electrons. The van der Waals surface area contributed by atoms with E-state index in [4.69, 9.17) is 0 Å². The number of benzene rings is 1. The molecule has 1 aromatic carbocycles. The second kappa shape index (κ2) is 5.23. The molecular weight excluding hydrogens is 266 g/mol. The van der Waals surface area contributed by atoms with Crippen molar-refractivity contribution < 1.29 is 13.2 Å². The van der Waals surface area contributed by atoms with Crippen LogP contribution in [0, 0.1) is 0 Å². The third kappa shape index (κ3) is 3.41. The molecule has 19 heavy (non-hydrogen) atoms. The molecule has 1 amide bonds. The SMILES string of the molecule is CS(=O)(=O)c1cccc(C(=O)NCc2ccn[nH]2)c1. The lowest BCUT2D eigenvalue weighted by atomic mass is 10.2. The fourth-order valence-corrected chi connectivity index (χ4v) is 2.20. The van der Waals surface area contributed by atoms with Gasteiger partial charge in [-0.05, 0) is 24.3 Å². The molecule has 0 aliphatic rings. The molecule has 0 aliphatic carbocycles. The molecule has 2 aromatic rings. The quantitative estimate of drug-likeness (QED) is 0.863. The van der Waals surface area contributed by atoms with E-state index in [9.17, 15) is 13.2 Å². The van der Waals surface area contributed by atoms with E-state index in [0.717, 1.165) is 11.9 Å². The maximum Gasteiger partial charge on any atom is 0.251 e. The normalized spacial score (nSPS) is 11.2. The lowest BCUT2D eigenvalue weighted by molar-refractivity contribution is 0.0950. The molecule has 0 bridgehead atoms. The van der Waals surface area contributed by atoms with E-state index < -0.39 is 9.84 Å². The summed E-state index contributed by atoms with van der Waals surface area (Å²) in [5.74, 6) is -0.333. The first-order chi connectivity index (χ1) is 8.97. The second-order valence-corrected chi connectivity index (χ2v) is 6.08. The Morgan fingerprint density at radius 2 is 2.16 bits per heavy atom. The number of rotatable bonds is 4. The van der Waals surface area contributed by atoms with Crippen molar-refractivity contribution >= 4 is 15.7 Å². The Balaban J connectivity index is 2.11. The van der Waals surface area contributed by atoms with Crippen LogP contribution < -0.4 is 5.32 Å². The summed E-state index contributed by atoms with van der Waals surface area (Å²) in [6, 6.07) is 7.67. The first kappa shape index (κ1) is 13.3. The van der Waals surface area contributed by atoms with E-state index >= 15 is 0 Å². The number of amides is 1. The van der Waals surface area contributed by atoms with E-state index in [-0.39, 0.29) is 10.8 Å². The molecule has 0 unspecified atom stereocenters. The Hall–Kier alpha value is -2.15. The van der Waals surface area contributed by atoms with Crippen LogP contribution in [-0.2, 0) is 16.4 Å². The van der Waals surface area contributed by atoms with Crippen molar-refractivity contribution in [2.75, 3.05) is 6.26 Å². The first-order valence-electron chi connectivity index (χ1n) is 5.53. The standard InChI is InChI=1S/C12H13N3O3S/c1-19(17,18)11-4-2-3-9(7-11)12(16)13-8-10-5-6-14-15-10/h2-7H,8H2,1H3,(H,13,16)(H,14,15). The summed E-state index contributed by atoms with van der Waals surface area (Å²) in [5, 5.41) is 9.16. The van der Waals surface area contributed by atoms with E-state index in [1.165, 1.54) is 12.1 Å². The van der Waals surface area contributed by atoms with Gasteiger partial charge in [-0.3, -0.25) is 9.89 Å². The van der Waals surface area contributed by atoms with Crippen LogP contribution in [0.4, 0.5) is 0 Å². The molecule has 7 heteroatoms. The summed E-state index contributed by atoms with van der Waals surface area (Å²) in [6.45, 7) is 0.307. The molecule has 0 atom stereocenters. The zero-order chi connectivity index (χ0) is 13.9. The maximum atomic E-state index is 11.9. The smallest absolute Gasteiger partial charge is 0.251 e. The number of carbonyl (C=O) groups excluding carboxylic acids is 1. The van der Waals surface area contributed by atoms with Gasteiger partial charge in [0, 0.05) is 18.0 Å². The minimum atomic E-state index is -3.31. The number of aromatic nitrogens is 2. The summed E-state index contributed by atoms with van der Waals surface area (Å²) in [4.78, 5) is 12.0. The van der Waals surface area contributed by atoms with E-state index in [0.29, 0.717) is 12.1 Å². The zero-order valence-electron chi connectivity index (χ0n) is 10.3. The van der Waals surface area contributed by atoms with Gasteiger partial charge in [0.1, 0.15) is 0 Å². The van der Waals surface area contributed by atoms with Crippen molar-refractivity contribution in [3.8, 4) is 0 Å². The largest absolute Gasteiger partial charge is 0.346 e. The number of sulfone groups is 1. The fourth-order valence-electron chi connectivity index (χ4n) is 1.53. The highest BCUT2D eigenvalue weighted by molar-refractivity contribution is 7.90. The molecule has 0 spiro atoms. The number of H-pyrrole nitrogens is 1. The van der Waals surface area contributed by atoms with Crippen LogP contribution in [0.5, 0.6) is 0 Å². The van der Waals surface area contributed by atoms with Crippen molar-refractivity contribution in [1.29, 1.82) is 0 Å². The van der Waals surface area contributed by atoms with Crippen LogP contribution >= 0.6 is 0 Å². The van der Waals surface area contributed by atoms with Crippen LogP contribution in [0.3, 0.4) is 0 Å². The van der Waals surface area contributed by atoms with E-state index in [1.807, 2.05) is 0 Å². The molecular formula is C12H13N3O3S. The van der Waals surface area contributed by atoms with Gasteiger partial charge in [-0.1, -0.05) is 6.07 Å². The second-order valence-electron chi connectivity index (χ2n) is 4.06. The van der Waals surface area contributed by atoms with Crippen LogP contribution in [0.15, 0.2) is 41.4 Å². The topological polar surface area (TPSA) is 91.9 Å². The van der Waals surface area contributed by atoms with Crippen LogP contribution in [0.1, 0.15) is 16.1 Å². The van der Waals surface area contributed by atoms with Crippen LogP contribution in [-0.4, -0.2) is 30.8 Å². The van der Waals surface area contributed by atoms with Crippen molar-refractivity contribution in [2.24, 2.45) is 0 Å². The minimum absolute atomic E-state index is 0.127. The minimum Gasteiger partial charge on any atom is -0.346 e. The summed E-state index contributed by atoms with van der Waals surface area (Å²) in [7, 11) is -3.31. The monoisotopic (exact) mass is 279 g/mol. The van der Waals surface area contributed by atoms with Gasteiger partial charge in [0.15, 0.2) is 9.84 Å². The molecule has 2 rings (SSSR count). The van der Waals surface area contributed by atoms with Gasteiger partial charge >= 0.3 is 0 Å². The predicted octanol–water partition coefficient (Wildman–Crippen LogP) is 0.743. The van der Waals surface area contributed by atoms with E-state index in [2.05, 4.69) is 15.5 Å². The highest BCUT2D eigenvalue weighted by Crippen LogP contribution is 2.11.